The quantitative estimate of drug-likeness (QED) is 0.563. The van der Waals surface area contributed by atoms with Crippen LogP contribution in [0.1, 0.15) is 13.3 Å². The van der Waals surface area contributed by atoms with E-state index in [1.807, 2.05) is 4.90 Å². The highest BCUT2D eigenvalue weighted by Gasteiger charge is 2.39. The van der Waals surface area contributed by atoms with Gasteiger partial charge < -0.3 is 14.4 Å². The third kappa shape index (κ3) is 6.20. The number of benzene rings is 2. The number of ether oxygens (including phenoxy) is 2. The van der Waals surface area contributed by atoms with E-state index in [-0.39, 0.29) is 16.6 Å². The van der Waals surface area contributed by atoms with Crippen molar-refractivity contribution in [2.45, 2.75) is 30.5 Å². The zero-order chi connectivity index (χ0) is 22.8. The van der Waals surface area contributed by atoms with Gasteiger partial charge in [-0.3, -0.25) is 0 Å². The number of rotatable bonds is 7. The number of anilines is 1. The van der Waals surface area contributed by atoms with Gasteiger partial charge in [-0.2, -0.15) is 13.2 Å². The van der Waals surface area contributed by atoms with Crippen LogP contribution in [0.15, 0.2) is 47.4 Å². The van der Waals surface area contributed by atoms with E-state index in [2.05, 4.69) is 0 Å². The van der Waals surface area contributed by atoms with E-state index in [0.29, 0.717) is 36.2 Å². The van der Waals surface area contributed by atoms with Crippen LogP contribution in [0.25, 0.3) is 0 Å². The smallest absolute Gasteiger partial charge is 0.425 e. The summed E-state index contributed by atoms with van der Waals surface area (Å²) in [5.74, 6) is 0.784. The second kappa shape index (κ2) is 9.16. The van der Waals surface area contributed by atoms with E-state index in [4.69, 9.17) is 21.1 Å². The van der Waals surface area contributed by atoms with Crippen molar-refractivity contribution in [3.05, 3.63) is 47.5 Å². The molecule has 31 heavy (non-hydrogen) atoms. The number of halogens is 4. The molecule has 2 atom stereocenters. The predicted molar refractivity (Wildman–Crippen MR) is 113 cm³/mol. The molecule has 0 aliphatic carbocycles. The first-order valence-electron chi connectivity index (χ1n) is 9.64. The first kappa shape index (κ1) is 23.5. The summed E-state index contributed by atoms with van der Waals surface area (Å²) in [6.07, 6.45) is -4.77. The van der Waals surface area contributed by atoms with E-state index in [9.17, 15) is 21.6 Å². The largest absolute Gasteiger partial charge is 0.493 e. The lowest BCUT2D eigenvalue weighted by atomic mass is 10.1. The molecule has 1 unspecified atom stereocenters. The fourth-order valence-corrected chi connectivity index (χ4v) is 4.03. The highest BCUT2D eigenvalue weighted by Crippen LogP contribution is 2.37. The van der Waals surface area contributed by atoms with Gasteiger partial charge in [0.15, 0.2) is 15.9 Å². The molecule has 2 aromatic rings. The van der Waals surface area contributed by atoms with Gasteiger partial charge in [0.25, 0.3) is 0 Å². The highest BCUT2D eigenvalue weighted by molar-refractivity contribution is 7.90. The van der Waals surface area contributed by atoms with Crippen LogP contribution in [-0.4, -0.2) is 46.7 Å². The lowest BCUT2D eigenvalue weighted by Gasteiger charge is -2.25. The van der Waals surface area contributed by atoms with Crippen molar-refractivity contribution in [1.29, 1.82) is 0 Å². The molecule has 1 saturated heterocycles. The molecule has 0 bridgehead atoms. The molecule has 0 spiro atoms. The summed E-state index contributed by atoms with van der Waals surface area (Å²) in [4.78, 5) is 1.86. The SMILES string of the molecule is C[C@H](Oc1ccc(S(C)(=O)=O)cc1N1CCC(COc2ccc(Cl)cc2)C1)C(F)(F)F. The molecule has 0 radical (unpaired) electrons. The van der Waals surface area contributed by atoms with Crippen LogP contribution in [0.4, 0.5) is 18.9 Å². The number of alkyl halides is 3. The van der Waals surface area contributed by atoms with Crippen molar-refractivity contribution in [1.82, 2.24) is 0 Å². The van der Waals surface area contributed by atoms with Gasteiger partial charge in [0, 0.05) is 30.3 Å². The van der Waals surface area contributed by atoms with Crippen molar-refractivity contribution in [2.75, 3.05) is 30.9 Å². The number of sulfone groups is 1. The Morgan fingerprint density at radius 3 is 2.48 bits per heavy atom. The fourth-order valence-electron chi connectivity index (χ4n) is 3.26. The Morgan fingerprint density at radius 2 is 1.87 bits per heavy atom. The molecule has 5 nitrogen and oxygen atoms in total. The molecule has 0 N–H and O–H groups in total. The zero-order valence-electron chi connectivity index (χ0n) is 17.0. The van der Waals surface area contributed by atoms with Crippen molar-refractivity contribution in [3.63, 3.8) is 0 Å². The highest BCUT2D eigenvalue weighted by atomic mass is 35.5. The average molecular weight is 478 g/mol. The van der Waals surface area contributed by atoms with Crippen molar-refractivity contribution < 1.29 is 31.1 Å². The van der Waals surface area contributed by atoms with Crippen LogP contribution in [0.3, 0.4) is 0 Å². The molecule has 3 rings (SSSR count). The molecular weight excluding hydrogens is 455 g/mol. The van der Waals surface area contributed by atoms with Crippen LogP contribution >= 0.6 is 11.6 Å². The number of hydrogen-bond acceptors (Lipinski definition) is 5. The molecule has 0 amide bonds. The summed E-state index contributed by atoms with van der Waals surface area (Å²) >= 11 is 5.86. The monoisotopic (exact) mass is 477 g/mol. The minimum Gasteiger partial charge on any atom is -0.493 e. The van der Waals surface area contributed by atoms with Gasteiger partial charge in [0.1, 0.15) is 11.5 Å². The second-order valence-electron chi connectivity index (χ2n) is 7.57. The van der Waals surface area contributed by atoms with Gasteiger partial charge in [-0.15, -0.1) is 0 Å². The van der Waals surface area contributed by atoms with E-state index in [1.165, 1.54) is 18.2 Å². The molecule has 1 heterocycles. The van der Waals surface area contributed by atoms with Gasteiger partial charge >= 0.3 is 6.18 Å². The molecule has 1 aliphatic rings. The Hall–Kier alpha value is -2.13. The van der Waals surface area contributed by atoms with Gasteiger partial charge in [0.2, 0.25) is 0 Å². The molecular formula is C21H23ClF3NO4S. The Balaban J connectivity index is 1.77. The molecule has 1 fully saturated rings. The lowest BCUT2D eigenvalue weighted by Crippen LogP contribution is -2.32. The minimum atomic E-state index is -4.53. The van der Waals surface area contributed by atoms with E-state index < -0.39 is 22.1 Å². The normalized spacial score (nSPS) is 18.1. The lowest BCUT2D eigenvalue weighted by molar-refractivity contribution is -0.189. The van der Waals surface area contributed by atoms with Gasteiger partial charge in [-0.1, -0.05) is 11.6 Å². The van der Waals surface area contributed by atoms with Crippen LogP contribution in [-0.2, 0) is 9.84 Å². The summed E-state index contributed by atoms with van der Waals surface area (Å²) in [7, 11) is -3.53. The third-order valence-corrected chi connectivity index (χ3v) is 6.41. The van der Waals surface area contributed by atoms with Gasteiger partial charge in [0.05, 0.1) is 17.2 Å². The van der Waals surface area contributed by atoms with E-state index in [0.717, 1.165) is 19.6 Å². The fraction of sp³-hybridized carbons (Fsp3) is 0.429. The maximum Gasteiger partial charge on any atom is 0.425 e. The minimum absolute atomic E-state index is 0.00325. The topological polar surface area (TPSA) is 55.8 Å². The number of nitrogens with zero attached hydrogens (tertiary/aromatic N) is 1. The molecule has 0 aromatic heterocycles. The Morgan fingerprint density at radius 1 is 1.19 bits per heavy atom. The molecule has 10 heteroatoms. The third-order valence-electron chi connectivity index (χ3n) is 5.05. The zero-order valence-corrected chi connectivity index (χ0v) is 18.6. The number of hydrogen-bond donors (Lipinski definition) is 0. The Labute approximate surface area is 184 Å². The van der Waals surface area contributed by atoms with Crippen molar-refractivity contribution >= 4 is 27.1 Å². The first-order valence-corrected chi connectivity index (χ1v) is 11.9. The van der Waals surface area contributed by atoms with Crippen molar-refractivity contribution in [3.8, 4) is 11.5 Å². The molecule has 2 aromatic carbocycles. The predicted octanol–water partition coefficient (Wildman–Crippen LogP) is 4.98. The molecule has 0 saturated carbocycles. The van der Waals surface area contributed by atoms with Crippen LogP contribution in [0, 0.1) is 5.92 Å². The van der Waals surface area contributed by atoms with E-state index in [1.54, 1.807) is 24.3 Å². The summed E-state index contributed by atoms with van der Waals surface area (Å²) in [5, 5.41) is 0.603. The maximum atomic E-state index is 13.0. The van der Waals surface area contributed by atoms with Crippen LogP contribution in [0.5, 0.6) is 11.5 Å². The molecule has 170 valence electrons. The average Bonchev–Trinajstić information content (AvgIpc) is 3.15. The summed E-state index contributed by atoms with van der Waals surface area (Å²) in [5.41, 5.74) is 0.327. The second-order valence-corrected chi connectivity index (χ2v) is 10.0. The van der Waals surface area contributed by atoms with Gasteiger partial charge in [-0.25, -0.2) is 8.42 Å². The summed E-state index contributed by atoms with van der Waals surface area (Å²) < 4.78 is 73.9. The maximum absolute atomic E-state index is 13.0. The first-order chi connectivity index (χ1) is 14.4. The van der Waals surface area contributed by atoms with Crippen LogP contribution < -0.4 is 14.4 Å². The van der Waals surface area contributed by atoms with Gasteiger partial charge in [-0.05, 0) is 55.8 Å². The van der Waals surface area contributed by atoms with E-state index >= 15 is 0 Å². The Bertz CT molecular complexity index is 1010. The van der Waals surface area contributed by atoms with Crippen LogP contribution in [0.2, 0.25) is 5.02 Å². The summed E-state index contributed by atoms with van der Waals surface area (Å²) in [6, 6.07) is 10.9. The summed E-state index contributed by atoms with van der Waals surface area (Å²) in [6.45, 7) is 2.37. The molecule has 1 aliphatic heterocycles. The standard InChI is InChI=1S/C21H23ClF3NO4S/c1-14(21(23,24)25)30-20-8-7-18(31(2,27)28)11-19(20)26-10-9-15(12-26)13-29-17-5-3-16(22)4-6-17/h3-8,11,14-15H,9-10,12-13H2,1-2H3/t14-,15?/m0/s1. The Kier molecular flexibility index (Phi) is 6.95. The van der Waals surface area contributed by atoms with Crippen molar-refractivity contribution in [2.24, 2.45) is 5.92 Å².